The molecule has 7 nitrogen and oxygen atoms in total. The molecule has 0 unspecified atom stereocenters. The number of carbonyl (C=O) groups is 1. The normalized spacial score (nSPS) is 11.8. The number of pyridine rings is 2. The van der Waals surface area contributed by atoms with E-state index in [1.807, 2.05) is 0 Å². The van der Waals surface area contributed by atoms with Crippen molar-refractivity contribution in [1.82, 2.24) is 19.9 Å². The number of fused-ring (bicyclic) bond motifs is 1. The molecule has 176 valence electrons. The number of rotatable bonds is 5. The summed E-state index contributed by atoms with van der Waals surface area (Å²) in [5.74, 6) is -4.50. The summed E-state index contributed by atoms with van der Waals surface area (Å²) in [6.45, 7) is -3.39. The number of amides is 1. The number of H-pyrrole nitrogens is 1. The van der Waals surface area contributed by atoms with Gasteiger partial charge in [-0.15, -0.1) is 0 Å². The van der Waals surface area contributed by atoms with Crippen LogP contribution in [0, 0.1) is 11.6 Å². The van der Waals surface area contributed by atoms with E-state index >= 15 is 0 Å². The average Bonchev–Trinajstić information content (AvgIpc) is 3.18. The number of nitrogens with one attached hydrogen (secondary N) is 2. The van der Waals surface area contributed by atoms with Crippen molar-refractivity contribution < 1.29 is 35.5 Å². The van der Waals surface area contributed by atoms with E-state index in [9.17, 15) is 35.5 Å². The number of benzene rings is 1. The van der Waals surface area contributed by atoms with Gasteiger partial charge in [-0.25, -0.2) is 28.6 Å². The Hall–Kier alpha value is -4.23. The number of alkyl halides is 5. The van der Waals surface area contributed by atoms with Crippen LogP contribution in [0.5, 0.6) is 0 Å². The molecule has 0 spiro atoms. The van der Waals surface area contributed by atoms with Crippen LogP contribution in [-0.4, -0.2) is 32.4 Å². The van der Waals surface area contributed by atoms with Gasteiger partial charge >= 0.3 is 12.7 Å². The Morgan fingerprint density at radius 1 is 1.06 bits per heavy atom. The molecule has 0 aliphatic rings. The first-order valence-corrected chi connectivity index (χ1v) is 9.26. The van der Waals surface area contributed by atoms with Crippen LogP contribution >= 0.6 is 0 Å². The van der Waals surface area contributed by atoms with Crippen molar-refractivity contribution in [2.24, 2.45) is 0 Å². The van der Waals surface area contributed by atoms with E-state index in [0.717, 1.165) is 42.7 Å². The van der Waals surface area contributed by atoms with Gasteiger partial charge in [-0.1, -0.05) is 6.07 Å². The highest BCUT2D eigenvalue weighted by molar-refractivity contribution is 6.03. The van der Waals surface area contributed by atoms with Gasteiger partial charge in [-0.05, 0) is 30.3 Å². The fourth-order valence-electron chi connectivity index (χ4n) is 3.00. The van der Waals surface area contributed by atoms with Gasteiger partial charge in [0, 0.05) is 6.20 Å². The molecule has 3 aromatic heterocycles. The van der Waals surface area contributed by atoms with Gasteiger partial charge in [-0.2, -0.15) is 22.0 Å². The summed E-state index contributed by atoms with van der Waals surface area (Å²) in [6.07, 6.45) is -2.75. The summed E-state index contributed by atoms with van der Waals surface area (Å²) in [4.78, 5) is 26.2. The van der Waals surface area contributed by atoms with E-state index < -0.39 is 53.3 Å². The zero-order valence-electron chi connectivity index (χ0n) is 16.5. The third kappa shape index (κ3) is 4.46. The molecule has 0 saturated carbocycles. The second-order valence-corrected chi connectivity index (χ2v) is 6.75. The molecular formula is C20H11F7N6O. The monoisotopic (exact) mass is 484 g/mol. The molecule has 1 aromatic carbocycles. The van der Waals surface area contributed by atoms with Crippen LogP contribution in [0.1, 0.15) is 16.1 Å². The van der Waals surface area contributed by atoms with Crippen LogP contribution in [0.3, 0.4) is 0 Å². The van der Waals surface area contributed by atoms with E-state index in [1.165, 1.54) is 0 Å². The molecule has 0 radical (unpaired) electrons. The highest BCUT2D eigenvalue weighted by Gasteiger charge is 2.31. The number of nitrogens with zero attached hydrogens (tertiary/aromatic N) is 4. The average molecular weight is 484 g/mol. The molecule has 1 amide bonds. The van der Waals surface area contributed by atoms with E-state index in [1.54, 1.807) is 0 Å². The molecule has 34 heavy (non-hydrogen) atoms. The van der Waals surface area contributed by atoms with Gasteiger partial charge in [0.05, 0.1) is 22.8 Å². The summed E-state index contributed by atoms with van der Waals surface area (Å²) >= 11 is 0. The fourth-order valence-corrected chi connectivity index (χ4v) is 3.00. The molecule has 0 fully saturated rings. The molecule has 0 bridgehead atoms. The molecule has 4 rings (SSSR count). The molecule has 0 atom stereocenters. The SMILES string of the molecule is O=C(Nc1cc(C(F)(F)F)ccn1)c1cc2nc(N(c3c(F)cccc3F)C(F)F)[nH]c2cn1. The maximum atomic E-state index is 14.1. The van der Waals surface area contributed by atoms with E-state index in [2.05, 4.69) is 25.3 Å². The summed E-state index contributed by atoms with van der Waals surface area (Å²) in [5.41, 5.74) is -2.44. The Bertz CT molecular complexity index is 1350. The topological polar surface area (TPSA) is 86.8 Å². The Morgan fingerprint density at radius 3 is 2.41 bits per heavy atom. The smallest absolute Gasteiger partial charge is 0.322 e. The predicted octanol–water partition coefficient (Wildman–Crippen LogP) is 5.26. The van der Waals surface area contributed by atoms with Crippen LogP contribution in [0.15, 0.2) is 48.8 Å². The van der Waals surface area contributed by atoms with Gasteiger partial charge < -0.3 is 10.3 Å². The second kappa shape index (κ2) is 8.61. The molecule has 0 aliphatic heterocycles. The zero-order valence-corrected chi connectivity index (χ0v) is 16.5. The minimum Gasteiger partial charge on any atom is -0.322 e. The first kappa shape index (κ1) is 22.9. The highest BCUT2D eigenvalue weighted by Crippen LogP contribution is 2.33. The Kier molecular flexibility index (Phi) is 5.81. The Balaban J connectivity index is 1.65. The number of aromatic amines is 1. The number of hydrogen-bond donors (Lipinski definition) is 2. The van der Waals surface area contributed by atoms with Crippen LogP contribution in [0.25, 0.3) is 11.0 Å². The van der Waals surface area contributed by atoms with Crippen LogP contribution in [-0.2, 0) is 6.18 Å². The molecule has 14 heteroatoms. The maximum Gasteiger partial charge on any atom is 0.416 e. The summed E-state index contributed by atoms with van der Waals surface area (Å²) in [6, 6.07) is 4.99. The van der Waals surface area contributed by atoms with Crippen molar-refractivity contribution in [3.63, 3.8) is 0 Å². The fraction of sp³-hybridized carbons (Fsp3) is 0.100. The number of para-hydroxylation sites is 1. The van der Waals surface area contributed by atoms with Crippen molar-refractivity contribution in [1.29, 1.82) is 0 Å². The lowest BCUT2D eigenvalue weighted by Crippen LogP contribution is -2.26. The van der Waals surface area contributed by atoms with Crippen LogP contribution < -0.4 is 10.2 Å². The summed E-state index contributed by atoms with van der Waals surface area (Å²) < 4.78 is 94.0. The third-order valence-electron chi connectivity index (χ3n) is 4.52. The van der Waals surface area contributed by atoms with Crippen LogP contribution in [0.2, 0.25) is 0 Å². The van der Waals surface area contributed by atoms with Crippen molar-refractivity contribution in [3.05, 3.63) is 71.7 Å². The molecule has 0 aliphatic carbocycles. The number of anilines is 3. The maximum absolute atomic E-state index is 14.1. The molecule has 4 aromatic rings. The second-order valence-electron chi connectivity index (χ2n) is 6.75. The molecular weight excluding hydrogens is 473 g/mol. The number of carbonyl (C=O) groups excluding carboxylic acids is 1. The number of aromatic nitrogens is 4. The minimum atomic E-state index is -4.65. The van der Waals surface area contributed by atoms with Gasteiger partial charge in [-0.3, -0.25) is 4.79 Å². The van der Waals surface area contributed by atoms with E-state index in [4.69, 9.17) is 0 Å². The Morgan fingerprint density at radius 2 is 1.76 bits per heavy atom. The quantitative estimate of drug-likeness (QED) is 0.298. The molecule has 2 N–H and O–H groups in total. The molecule has 3 heterocycles. The highest BCUT2D eigenvalue weighted by atomic mass is 19.4. The summed E-state index contributed by atoms with van der Waals surface area (Å²) in [5, 5.41) is 2.14. The summed E-state index contributed by atoms with van der Waals surface area (Å²) in [7, 11) is 0. The lowest BCUT2D eigenvalue weighted by Gasteiger charge is -2.21. The lowest BCUT2D eigenvalue weighted by atomic mass is 10.2. The number of imidazole rings is 1. The van der Waals surface area contributed by atoms with Crippen molar-refractivity contribution in [2.45, 2.75) is 12.7 Å². The Labute approximate surface area is 185 Å². The van der Waals surface area contributed by atoms with Crippen molar-refractivity contribution in [2.75, 3.05) is 10.2 Å². The third-order valence-corrected chi connectivity index (χ3v) is 4.52. The zero-order chi connectivity index (χ0) is 24.6. The van der Waals surface area contributed by atoms with E-state index in [-0.39, 0.29) is 21.6 Å². The largest absolute Gasteiger partial charge is 0.416 e. The number of hydrogen-bond acceptors (Lipinski definition) is 5. The lowest BCUT2D eigenvalue weighted by molar-refractivity contribution is -0.137. The standard InChI is InChI=1S/C20H11F7N6O/c21-10-2-1-3-11(22)16(10)33(18(23)24)19-30-12-7-13(29-8-14(12)31-19)17(34)32-15-6-9(4-5-28-15)20(25,26)27/h1-8,18H,(H,30,31)(H,28,32,34). The number of halogens is 7. The first-order chi connectivity index (χ1) is 16.0. The van der Waals surface area contributed by atoms with Crippen molar-refractivity contribution >= 4 is 34.4 Å². The van der Waals surface area contributed by atoms with Crippen molar-refractivity contribution in [3.8, 4) is 0 Å². The minimum absolute atomic E-state index is 0.00301. The molecule has 0 saturated heterocycles. The van der Waals surface area contributed by atoms with Gasteiger partial charge in [0.25, 0.3) is 5.91 Å². The predicted molar refractivity (Wildman–Crippen MR) is 106 cm³/mol. The van der Waals surface area contributed by atoms with Gasteiger partial charge in [0.2, 0.25) is 5.95 Å². The van der Waals surface area contributed by atoms with Gasteiger partial charge in [0.15, 0.2) is 0 Å². The van der Waals surface area contributed by atoms with Crippen LogP contribution in [0.4, 0.5) is 48.2 Å². The van der Waals surface area contributed by atoms with Gasteiger partial charge in [0.1, 0.15) is 28.8 Å². The first-order valence-electron chi connectivity index (χ1n) is 9.26. The van der Waals surface area contributed by atoms with E-state index in [0.29, 0.717) is 6.07 Å².